The van der Waals surface area contributed by atoms with E-state index in [1.165, 1.54) is 0 Å². The molecule has 9 nitrogen and oxygen atoms in total. The number of ether oxygens (including phenoxy) is 2. The Morgan fingerprint density at radius 3 is 2.49 bits per heavy atom. The zero-order valence-corrected chi connectivity index (χ0v) is 23.5. The van der Waals surface area contributed by atoms with Gasteiger partial charge in [0.25, 0.3) is 11.8 Å². The number of hydrogen-bond acceptors (Lipinski definition) is 7. The molecule has 3 aromatic rings. The van der Waals surface area contributed by atoms with E-state index in [1.807, 2.05) is 53.4 Å². The fourth-order valence-electron chi connectivity index (χ4n) is 4.75. The minimum Gasteiger partial charge on any atom is -0.493 e. The second-order valence-corrected chi connectivity index (χ2v) is 10.8. The zero-order valence-electron chi connectivity index (χ0n) is 22.7. The van der Waals surface area contributed by atoms with E-state index in [-0.39, 0.29) is 11.8 Å². The summed E-state index contributed by atoms with van der Waals surface area (Å²) in [6.07, 6.45) is 4.34. The third-order valence-corrected chi connectivity index (χ3v) is 8.09. The van der Waals surface area contributed by atoms with E-state index < -0.39 is 0 Å². The van der Waals surface area contributed by atoms with Crippen molar-refractivity contribution in [1.82, 2.24) is 24.3 Å². The topological polar surface area (TPSA) is 88.9 Å². The van der Waals surface area contributed by atoms with Crippen molar-refractivity contribution in [3.63, 3.8) is 0 Å². The van der Waals surface area contributed by atoms with Crippen LogP contribution in [0.25, 0.3) is 0 Å². The van der Waals surface area contributed by atoms with E-state index >= 15 is 0 Å². The van der Waals surface area contributed by atoms with Gasteiger partial charge in [0.15, 0.2) is 11.5 Å². The Hall–Kier alpha value is -3.50. The summed E-state index contributed by atoms with van der Waals surface area (Å²) in [5.41, 5.74) is 3.98. The first-order valence-electron chi connectivity index (χ1n) is 13.2. The van der Waals surface area contributed by atoms with Gasteiger partial charge < -0.3 is 19.7 Å². The van der Waals surface area contributed by atoms with Gasteiger partial charge in [-0.2, -0.15) is 5.10 Å². The third kappa shape index (κ3) is 6.39. The summed E-state index contributed by atoms with van der Waals surface area (Å²) < 4.78 is 15.7. The third-order valence-electron chi connectivity index (χ3n) is 7.21. The van der Waals surface area contributed by atoms with Crippen molar-refractivity contribution >= 4 is 23.8 Å². The molecule has 5 rings (SSSR count). The van der Waals surface area contributed by atoms with Crippen LogP contribution in [0.15, 0.2) is 48.5 Å². The van der Waals surface area contributed by atoms with Crippen molar-refractivity contribution in [1.29, 1.82) is 0 Å². The number of aromatic nitrogens is 2. The van der Waals surface area contributed by atoms with Gasteiger partial charge in [0.05, 0.1) is 12.8 Å². The number of carbonyl (C=O) groups excluding carboxylic acids is 2. The van der Waals surface area contributed by atoms with Crippen molar-refractivity contribution in [2.24, 2.45) is 7.05 Å². The van der Waals surface area contributed by atoms with Crippen LogP contribution in [0.1, 0.15) is 56.4 Å². The number of hydrogen-bond donors (Lipinski definition) is 1. The van der Waals surface area contributed by atoms with Gasteiger partial charge in [0.2, 0.25) is 0 Å². The summed E-state index contributed by atoms with van der Waals surface area (Å²) in [4.78, 5) is 27.6. The summed E-state index contributed by atoms with van der Waals surface area (Å²) >= 11 is 1.72. The Labute approximate surface area is 233 Å². The van der Waals surface area contributed by atoms with Crippen LogP contribution in [-0.2, 0) is 20.2 Å². The molecule has 10 heteroatoms. The highest BCUT2D eigenvalue weighted by Gasteiger charge is 2.28. The minimum absolute atomic E-state index is 0.0644. The first-order chi connectivity index (χ1) is 19.0. The van der Waals surface area contributed by atoms with Crippen molar-refractivity contribution in [2.75, 3.05) is 39.5 Å². The molecular weight excluding hydrogens is 514 g/mol. The number of amides is 2. The highest BCUT2D eigenvalue weighted by molar-refractivity contribution is 7.96. The number of carbonyl (C=O) groups is 2. The number of nitrogens with zero attached hydrogens (tertiary/aromatic N) is 4. The van der Waals surface area contributed by atoms with Gasteiger partial charge >= 0.3 is 0 Å². The largest absolute Gasteiger partial charge is 0.493 e. The molecule has 0 spiro atoms. The molecule has 0 atom stereocenters. The van der Waals surface area contributed by atoms with Crippen LogP contribution in [0.4, 0.5) is 0 Å². The Morgan fingerprint density at radius 2 is 1.82 bits per heavy atom. The lowest BCUT2D eigenvalue weighted by Crippen LogP contribution is -2.46. The number of aryl methyl sites for hydroxylation is 1. The molecule has 39 heavy (non-hydrogen) atoms. The lowest BCUT2D eigenvalue weighted by Gasteiger charge is -2.33. The van der Waals surface area contributed by atoms with Crippen LogP contribution < -0.4 is 14.8 Å². The van der Waals surface area contributed by atoms with Crippen molar-refractivity contribution in [3.8, 4) is 11.5 Å². The summed E-state index contributed by atoms with van der Waals surface area (Å²) in [6, 6.07) is 15.1. The Bertz CT molecular complexity index is 1310. The number of methoxy groups -OCH3 is 1. The van der Waals surface area contributed by atoms with Gasteiger partial charge in [-0.15, -0.1) is 0 Å². The number of benzene rings is 2. The highest BCUT2D eigenvalue weighted by atomic mass is 32.2. The number of rotatable bonds is 10. The summed E-state index contributed by atoms with van der Waals surface area (Å²) in [6.45, 7) is 3.87. The van der Waals surface area contributed by atoms with E-state index in [0.717, 1.165) is 55.8 Å². The molecular formula is C29H35N5O4S. The van der Waals surface area contributed by atoms with Crippen LogP contribution in [0.3, 0.4) is 0 Å². The van der Waals surface area contributed by atoms with Gasteiger partial charge in [-0.05, 0) is 48.9 Å². The van der Waals surface area contributed by atoms with E-state index in [0.29, 0.717) is 41.8 Å². The maximum absolute atomic E-state index is 12.9. The van der Waals surface area contributed by atoms with Crippen molar-refractivity contribution in [3.05, 3.63) is 76.6 Å². The second-order valence-electron chi connectivity index (χ2n) is 9.87. The molecule has 2 aromatic carbocycles. The first-order valence-corrected chi connectivity index (χ1v) is 14.4. The van der Waals surface area contributed by atoms with Gasteiger partial charge in [-0.3, -0.25) is 14.3 Å². The maximum Gasteiger partial charge on any atom is 0.269 e. The zero-order chi connectivity index (χ0) is 27.4. The molecule has 0 radical (unpaired) electrons. The summed E-state index contributed by atoms with van der Waals surface area (Å²) in [5, 5.41) is 7.46. The molecule has 0 bridgehead atoms. The lowest BCUT2D eigenvalue weighted by atomic mass is 10.1. The molecule has 2 fully saturated rings. The van der Waals surface area contributed by atoms with Crippen LogP contribution in [0, 0.1) is 0 Å². The predicted octanol–water partition coefficient (Wildman–Crippen LogP) is 3.85. The fraction of sp³-hybridized carbons (Fsp3) is 0.414. The van der Waals surface area contributed by atoms with Crippen LogP contribution in [0.5, 0.6) is 11.5 Å². The standard InChI is InChI=1S/C29H35N5O4S/c1-32-25(17-24(31-32)21-11-12-21)28(35)30-18-23-5-4-6-26(27(23)37-2)38-19-20-7-9-22(10-8-20)29(36)33-13-15-34(39-3)16-14-33/h4-10,17,21H,11-16,18-19H2,1-3H3,(H,30,35). The smallest absolute Gasteiger partial charge is 0.269 e. The van der Waals surface area contributed by atoms with Gasteiger partial charge in [0, 0.05) is 56.8 Å². The molecule has 206 valence electrons. The predicted molar refractivity (Wildman–Crippen MR) is 151 cm³/mol. The maximum atomic E-state index is 12.9. The summed E-state index contributed by atoms with van der Waals surface area (Å²) in [7, 11) is 3.39. The molecule has 1 saturated carbocycles. The average molecular weight is 550 g/mol. The van der Waals surface area contributed by atoms with Crippen LogP contribution in [-0.4, -0.2) is 70.3 Å². The SMILES string of the molecule is COc1c(CNC(=O)c2cc(C3CC3)nn2C)cccc1OCc1ccc(C(=O)N2CCN(SC)CC2)cc1. The first kappa shape index (κ1) is 27.1. The van der Waals surface area contributed by atoms with Crippen molar-refractivity contribution in [2.45, 2.75) is 31.9 Å². The Kier molecular flexibility index (Phi) is 8.42. The van der Waals surface area contributed by atoms with E-state index in [4.69, 9.17) is 9.47 Å². The fourth-order valence-corrected chi connectivity index (χ4v) is 5.28. The van der Waals surface area contributed by atoms with E-state index in [9.17, 15) is 9.59 Å². The molecule has 1 aliphatic heterocycles. The molecule has 1 N–H and O–H groups in total. The van der Waals surface area contributed by atoms with Crippen molar-refractivity contribution < 1.29 is 19.1 Å². The molecule has 1 aromatic heterocycles. The van der Waals surface area contributed by atoms with Gasteiger partial charge in [-0.1, -0.05) is 36.2 Å². The van der Waals surface area contributed by atoms with Gasteiger partial charge in [-0.25, -0.2) is 4.31 Å². The molecule has 2 heterocycles. The minimum atomic E-state index is -0.175. The Morgan fingerprint density at radius 1 is 1.08 bits per heavy atom. The number of para-hydroxylation sites is 1. The second kappa shape index (κ2) is 12.1. The molecule has 2 amide bonds. The Balaban J connectivity index is 1.17. The van der Waals surface area contributed by atoms with E-state index in [1.54, 1.807) is 30.8 Å². The van der Waals surface area contributed by atoms with Gasteiger partial charge in [0.1, 0.15) is 12.3 Å². The molecule has 1 saturated heterocycles. The van der Waals surface area contributed by atoms with E-state index in [2.05, 4.69) is 21.0 Å². The highest BCUT2D eigenvalue weighted by Crippen LogP contribution is 2.39. The molecule has 2 aliphatic rings. The average Bonchev–Trinajstić information content (AvgIpc) is 3.75. The van der Waals surface area contributed by atoms with Crippen LogP contribution in [0.2, 0.25) is 0 Å². The molecule has 0 unspecified atom stereocenters. The lowest BCUT2D eigenvalue weighted by molar-refractivity contribution is 0.0703. The quantitative estimate of drug-likeness (QED) is 0.384. The monoisotopic (exact) mass is 549 g/mol. The normalized spacial score (nSPS) is 15.7. The van der Waals surface area contributed by atoms with Crippen LogP contribution >= 0.6 is 11.9 Å². The molecule has 1 aliphatic carbocycles. The summed E-state index contributed by atoms with van der Waals surface area (Å²) in [5.74, 6) is 1.55. The number of nitrogens with one attached hydrogen (secondary N) is 1. The number of piperazine rings is 1.